The molecule has 1 heterocycles. The van der Waals surface area contributed by atoms with Crippen LogP contribution < -0.4 is 5.32 Å². The van der Waals surface area contributed by atoms with Gasteiger partial charge in [-0.05, 0) is 42.0 Å². The Morgan fingerprint density at radius 1 is 1.09 bits per heavy atom. The van der Waals surface area contributed by atoms with Crippen LogP contribution in [-0.2, 0) is 15.0 Å². The summed E-state index contributed by atoms with van der Waals surface area (Å²) < 4.78 is 1.71. The number of carbonyl (C=O) groups is 2. The number of benzene rings is 1. The number of nitrogens with one attached hydrogen (secondary N) is 1. The fraction of sp³-hybridized carbons (Fsp3) is 0.577. The molecule has 182 valence electrons. The maximum atomic E-state index is 13.1. The van der Waals surface area contributed by atoms with Crippen LogP contribution in [0.4, 0.5) is 5.82 Å². The predicted molar refractivity (Wildman–Crippen MR) is 136 cm³/mol. The summed E-state index contributed by atoms with van der Waals surface area (Å²) in [5.74, 6) is 0.773. The van der Waals surface area contributed by atoms with Gasteiger partial charge in [-0.25, -0.2) is 4.68 Å². The first-order chi connectivity index (χ1) is 15.2. The maximum Gasteiger partial charge on any atom is 0.245 e. The zero-order chi connectivity index (χ0) is 25.0. The molecule has 1 aromatic heterocycles. The third-order valence-electron chi connectivity index (χ3n) is 5.16. The van der Waals surface area contributed by atoms with Gasteiger partial charge in [0.15, 0.2) is 0 Å². The zero-order valence-corrected chi connectivity index (χ0v) is 22.1. The molecule has 2 rings (SSSR count). The van der Waals surface area contributed by atoms with Crippen molar-refractivity contribution in [3.05, 3.63) is 41.0 Å². The number of halogens is 1. The first-order valence-electron chi connectivity index (χ1n) is 11.6. The Hall–Kier alpha value is -2.34. The Morgan fingerprint density at radius 3 is 2.21 bits per heavy atom. The molecular weight excluding hydrogens is 436 g/mol. The van der Waals surface area contributed by atoms with E-state index in [1.54, 1.807) is 21.7 Å². The second-order valence-electron chi connectivity index (χ2n) is 11.3. The highest BCUT2D eigenvalue weighted by Crippen LogP contribution is 2.27. The van der Waals surface area contributed by atoms with Crippen LogP contribution in [0.2, 0.25) is 5.02 Å². The van der Waals surface area contributed by atoms with Gasteiger partial charge in [0.05, 0.1) is 17.9 Å². The predicted octanol–water partition coefficient (Wildman–Crippen LogP) is 6.07. The van der Waals surface area contributed by atoms with Gasteiger partial charge in [0.1, 0.15) is 5.82 Å². The van der Waals surface area contributed by atoms with Gasteiger partial charge in [-0.3, -0.25) is 9.59 Å². The third-order valence-corrected chi connectivity index (χ3v) is 5.41. The second kappa shape index (κ2) is 10.7. The number of aromatic nitrogens is 2. The fourth-order valence-electron chi connectivity index (χ4n) is 3.24. The molecule has 33 heavy (non-hydrogen) atoms. The van der Waals surface area contributed by atoms with Crippen LogP contribution in [0.15, 0.2) is 30.3 Å². The van der Waals surface area contributed by atoms with Crippen molar-refractivity contribution in [2.24, 2.45) is 11.3 Å². The standard InChI is InChI=1S/C26H39ClN4O2/c1-18(2)13-14-30(24(33)16-25(3,4)5)17-23(32)28-22-15-21(26(6,7)8)29-31(22)20-11-9-19(27)10-12-20/h9-12,15,18H,13-14,16-17H2,1-8H3,(H,28,32). The minimum Gasteiger partial charge on any atom is -0.333 e. The van der Waals surface area contributed by atoms with Crippen LogP contribution in [0.5, 0.6) is 0 Å². The summed E-state index contributed by atoms with van der Waals surface area (Å²) in [6.45, 7) is 17.1. The first kappa shape index (κ1) is 26.9. The minimum atomic E-state index is -0.239. The Kier molecular flexibility index (Phi) is 8.75. The minimum absolute atomic E-state index is 0.000102. The van der Waals surface area contributed by atoms with Gasteiger partial charge < -0.3 is 10.2 Å². The van der Waals surface area contributed by atoms with Crippen LogP contribution in [0.25, 0.3) is 5.69 Å². The molecule has 1 aromatic carbocycles. The van der Waals surface area contributed by atoms with Gasteiger partial charge in [0, 0.05) is 29.5 Å². The number of carbonyl (C=O) groups excluding carboxylic acids is 2. The summed E-state index contributed by atoms with van der Waals surface area (Å²) in [7, 11) is 0. The highest BCUT2D eigenvalue weighted by atomic mass is 35.5. The molecule has 0 atom stereocenters. The van der Waals surface area contributed by atoms with Crippen LogP contribution in [0.1, 0.15) is 73.9 Å². The van der Waals surface area contributed by atoms with Gasteiger partial charge in [0.25, 0.3) is 0 Å². The number of hydrogen-bond acceptors (Lipinski definition) is 3. The average Bonchev–Trinajstić information content (AvgIpc) is 3.08. The highest BCUT2D eigenvalue weighted by Gasteiger charge is 2.25. The number of rotatable bonds is 8. The number of anilines is 1. The van der Waals surface area contributed by atoms with Gasteiger partial charge in [0.2, 0.25) is 11.8 Å². The van der Waals surface area contributed by atoms with Gasteiger partial charge in [-0.15, -0.1) is 0 Å². The van der Waals surface area contributed by atoms with Crippen molar-refractivity contribution in [2.45, 2.75) is 73.6 Å². The molecule has 0 aliphatic heterocycles. The van der Waals surface area contributed by atoms with E-state index >= 15 is 0 Å². The normalized spacial score (nSPS) is 12.2. The lowest BCUT2D eigenvalue weighted by Gasteiger charge is -2.27. The fourth-order valence-corrected chi connectivity index (χ4v) is 3.37. The van der Waals surface area contributed by atoms with Crippen LogP contribution in [-0.4, -0.2) is 39.6 Å². The van der Waals surface area contributed by atoms with Crippen LogP contribution in [0, 0.1) is 11.3 Å². The summed E-state index contributed by atoms with van der Waals surface area (Å²) in [6, 6.07) is 9.19. The van der Waals surface area contributed by atoms with E-state index in [0.717, 1.165) is 17.8 Å². The van der Waals surface area contributed by atoms with Crippen molar-refractivity contribution < 1.29 is 9.59 Å². The summed E-state index contributed by atoms with van der Waals surface area (Å²) in [5, 5.41) is 8.35. The van der Waals surface area contributed by atoms with Crippen molar-refractivity contribution >= 4 is 29.2 Å². The van der Waals surface area contributed by atoms with Crippen molar-refractivity contribution in [2.75, 3.05) is 18.4 Å². The molecule has 2 amide bonds. The van der Waals surface area contributed by atoms with E-state index < -0.39 is 0 Å². The quantitative estimate of drug-likeness (QED) is 0.504. The molecular formula is C26H39ClN4O2. The summed E-state index contributed by atoms with van der Waals surface area (Å²) in [4.78, 5) is 27.7. The summed E-state index contributed by atoms with van der Waals surface area (Å²) in [6.07, 6.45) is 1.25. The second-order valence-corrected chi connectivity index (χ2v) is 11.8. The van der Waals surface area contributed by atoms with E-state index in [-0.39, 0.29) is 29.2 Å². The Balaban J connectivity index is 2.27. The lowest BCUT2D eigenvalue weighted by atomic mass is 9.91. The third kappa shape index (κ3) is 8.50. The lowest BCUT2D eigenvalue weighted by molar-refractivity contribution is -0.136. The molecule has 0 aliphatic carbocycles. The SMILES string of the molecule is CC(C)CCN(CC(=O)Nc1cc(C(C)(C)C)nn1-c1ccc(Cl)cc1)C(=O)CC(C)(C)C. The molecule has 7 heteroatoms. The molecule has 1 N–H and O–H groups in total. The van der Waals surface area contributed by atoms with Crippen LogP contribution in [0.3, 0.4) is 0 Å². The largest absolute Gasteiger partial charge is 0.333 e. The molecule has 0 fully saturated rings. The summed E-state index contributed by atoms with van der Waals surface area (Å²) in [5.41, 5.74) is 1.32. The van der Waals surface area contributed by atoms with Gasteiger partial charge in [-0.1, -0.05) is 67.0 Å². The van der Waals surface area contributed by atoms with Crippen molar-refractivity contribution in [1.29, 1.82) is 0 Å². The Bertz CT molecular complexity index is 950. The van der Waals surface area contributed by atoms with Gasteiger partial charge in [-0.2, -0.15) is 5.10 Å². The molecule has 0 radical (unpaired) electrons. The molecule has 0 unspecified atom stereocenters. The molecule has 0 spiro atoms. The zero-order valence-electron chi connectivity index (χ0n) is 21.3. The first-order valence-corrected chi connectivity index (χ1v) is 12.0. The number of hydrogen-bond donors (Lipinski definition) is 1. The topological polar surface area (TPSA) is 67.2 Å². The molecule has 0 saturated heterocycles. The van der Waals surface area contributed by atoms with Crippen molar-refractivity contribution in [1.82, 2.24) is 14.7 Å². The van der Waals surface area contributed by atoms with E-state index in [1.165, 1.54) is 0 Å². The molecule has 0 saturated carbocycles. The molecule has 0 bridgehead atoms. The van der Waals surface area contributed by atoms with E-state index in [0.29, 0.717) is 29.7 Å². The van der Waals surface area contributed by atoms with E-state index in [9.17, 15) is 9.59 Å². The molecule has 0 aliphatic rings. The van der Waals surface area contributed by atoms with Crippen molar-refractivity contribution in [3.8, 4) is 5.69 Å². The highest BCUT2D eigenvalue weighted by molar-refractivity contribution is 6.30. The van der Waals surface area contributed by atoms with Crippen molar-refractivity contribution in [3.63, 3.8) is 0 Å². The number of nitrogens with zero attached hydrogens (tertiary/aromatic N) is 3. The van der Waals surface area contributed by atoms with E-state index in [2.05, 4.69) is 39.9 Å². The van der Waals surface area contributed by atoms with E-state index in [4.69, 9.17) is 16.7 Å². The number of amides is 2. The summed E-state index contributed by atoms with van der Waals surface area (Å²) >= 11 is 6.05. The Morgan fingerprint density at radius 2 is 1.70 bits per heavy atom. The molecule has 6 nitrogen and oxygen atoms in total. The van der Waals surface area contributed by atoms with E-state index in [1.807, 2.05) is 39.0 Å². The average molecular weight is 475 g/mol. The monoisotopic (exact) mass is 474 g/mol. The lowest BCUT2D eigenvalue weighted by Crippen LogP contribution is -2.40. The van der Waals surface area contributed by atoms with Gasteiger partial charge >= 0.3 is 0 Å². The van der Waals surface area contributed by atoms with Crippen LogP contribution >= 0.6 is 11.6 Å². The smallest absolute Gasteiger partial charge is 0.245 e. The molecule has 2 aromatic rings. The Labute approximate surface area is 203 Å². The maximum absolute atomic E-state index is 13.1.